The van der Waals surface area contributed by atoms with Crippen LogP contribution in [0.25, 0.3) is 0 Å². The fraction of sp³-hybridized carbons (Fsp3) is 0.400. The van der Waals surface area contributed by atoms with E-state index in [1.165, 1.54) is 46.0 Å². The van der Waals surface area contributed by atoms with Crippen molar-refractivity contribution in [1.82, 2.24) is 19.9 Å². The zero-order valence-corrected chi connectivity index (χ0v) is 15.4. The molecular weight excluding hydrogens is 328 g/mol. The lowest BCUT2D eigenvalue weighted by Crippen LogP contribution is -2.35. The third-order valence-electron chi connectivity index (χ3n) is 4.90. The van der Waals surface area contributed by atoms with Crippen LogP contribution in [0.1, 0.15) is 52.5 Å². The number of rotatable bonds is 6. The van der Waals surface area contributed by atoms with Gasteiger partial charge in [-0.25, -0.2) is 4.98 Å². The SMILES string of the molecule is CCCCc1ccc(CN2CCc3[nH]cnc3[C@@H]2c2ccncc2)s1. The molecule has 0 spiro atoms. The molecule has 1 atom stereocenters. The molecule has 1 N–H and O–H groups in total. The molecule has 130 valence electrons. The number of nitrogens with zero attached hydrogens (tertiary/aromatic N) is 3. The van der Waals surface area contributed by atoms with E-state index in [1.807, 2.05) is 30.1 Å². The first-order valence-electron chi connectivity index (χ1n) is 9.09. The van der Waals surface area contributed by atoms with Gasteiger partial charge in [-0.3, -0.25) is 9.88 Å². The maximum absolute atomic E-state index is 4.64. The smallest absolute Gasteiger partial charge is 0.0926 e. The molecule has 0 radical (unpaired) electrons. The molecule has 0 aliphatic carbocycles. The van der Waals surface area contributed by atoms with Gasteiger partial charge in [-0.1, -0.05) is 13.3 Å². The van der Waals surface area contributed by atoms with Crippen LogP contribution in [0.2, 0.25) is 0 Å². The van der Waals surface area contributed by atoms with E-state index in [0.29, 0.717) is 0 Å². The van der Waals surface area contributed by atoms with Crippen molar-refractivity contribution in [3.8, 4) is 0 Å². The molecule has 0 saturated heterocycles. The number of imidazole rings is 1. The molecule has 0 fully saturated rings. The Morgan fingerprint density at radius 1 is 1.20 bits per heavy atom. The summed E-state index contributed by atoms with van der Waals surface area (Å²) in [6.45, 7) is 4.28. The Hall–Kier alpha value is -1.98. The zero-order valence-electron chi connectivity index (χ0n) is 14.6. The van der Waals surface area contributed by atoms with Crippen LogP contribution in [0.15, 0.2) is 43.0 Å². The summed E-state index contributed by atoms with van der Waals surface area (Å²) in [5.41, 5.74) is 3.71. The van der Waals surface area contributed by atoms with Crippen molar-refractivity contribution in [3.05, 3.63) is 69.7 Å². The van der Waals surface area contributed by atoms with Crippen molar-refractivity contribution < 1.29 is 0 Å². The minimum Gasteiger partial charge on any atom is -0.348 e. The van der Waals surface area contributed by atoms with Crippen LogP contribution in [0.4, 0.5) is 0 Å². The lowest BCUT2D eigenvalue weighted by Gasteiger charge is -2.34. The van der Waals surface area contributed by atoms with E-state index in [1.54, 1.807) is 0 Å². The Morgan fingerprint density at radius 2 is 2.04 bits per heavy atom. The van der Waals surface area contributed by atoms with Gasteiger partial charge in [0.15, 0.2) is 0 Å². The molecule has 25 heavy (non-hydrogen) atoms. The number of H-pyrrole nitrogens is 1. The maximum atomic E-state index is 4.64. The average molecular weight is 353 g/mol. The molecule has 3 aromatic heterocycles. The molecule has 0 saturated carbocycles. The molecule has 0 amide bonds. The Balaban J connectivity index is 1.58. The minimum atomic E-state index is 0.208. The summed E-state index contributed by atoms with van der Waals surface area (Å²) in [5.74, 6) is 0. The van der Waals surface area contributed by atoms with Gasteiger partial charge >= 0.3 is 0 Å². The van der Waals surface area contributed by atoms with E-state index >= 15 is 0 Å². The minimum absolute atomic E-state index is 0.208. The van der Waals surface area contributed by atoms with Gasteiger partial charge in [0.2, 0.25) is 0 Å². The van der Waals surface area contributed by atoms with E-state index in [4.69, 9.17) is 0 Å². The summed E-state index contributed by atoms with van der Waals surface area (Å²) in [5, 5.41) is 0. The highest BCUT2D eigenvalue weighted by molar-refractivity contribution is 7.11. The van der Waals surface area contributed by atoms with Gasteiger partial charge in [0.25, 0.3) is 0 Å². The molecule has 0 aromatic carbocycles. The Bertz CT molecular complexity index is 808. The highest BCUT2D eigenvalue weighted by Gasteiger charge is 2.31. The maximum Gasteiger partial charge on any atom is 0.0926 e. The Kier molecular flexibility index (Phi) is 4.95. The largest absolute Gasteiger partial charge is 0.348 e. The van der Waals surface area contributed by atoms with E-state index in [0.717, 1.165) is 19.5 Å². The van der Waals surface area contributed by atoms with Crippen LogP contribution >= 0.6 is 11.3 Å². The molecule has 0 unspecified atom stereocenters. The summed E-state index contributed by atoms with van der Waals surface area (Å²) in [6.07, 6.45) is 10.4. The predicted molar refractivity (Wildman–Crippen MR) is 102 cm³/mol. The van der Waals surface area contributed by atoms with Crippen LogP contribution in [0.3, 0.4) is 0 Å². The topological polar surface area (TPSA) is 44.8 Å². The lowest BCUT2D eigenvalue weighted by atomic mass is 9.96. The zero-order chi connectivity index (χ0) is 17.1. The van der Waals surface area contributed by atoms with Crippen molar-refractivity contribution in [2.24, 2.45) is 0 Å². The fourth-order valence-corrected chi connectivity index (χ4v) is 4.69. The van der Waals surface area contributed by atoms with Gasteiger partial charge in [-0.2, -0.15) is 0 Å². The average Bonchev–Trinajstić information content (AvgIpc) is 3.29. The van der Waals surface area contributed by atoms with Crippen molar-refractivity contribution in [1.29, 1.82) is 0 Å². The van der Waals surface area contributed by atoms with Gasteiger partial charge in [-0.15, -0.1) is 11.3 Å². The molecule has 3 aromatic rings. The Morgan fingerprint density at radius 3 is 2.88 bits per heavy atom. The summed E-state index contributed by atoms with van der Waals surface area (Å²) in [4.78, 5) is 17.6. The number of thiophene rings is 1. The fourth-order valence-electron chi connectivity index (χ4n) is 3.60. The van der Waals surface area contributed by atoms with Gasteiger partial charge in [0.05, 0.1) is 18.1 Å². The summed E-state index contributed by atoms with van der Waals surface area (Å²) >= 11 is 1.96. The monoisotopic (exact) mass is 352 g/mol. The molecule has 4 rings (SSSR count). The standard InChI is InChI=1S/C20H24N4S/c1-2-3-4-16-5-6-17(25-16)13-24-12-9-18-19(23-14-22-18)20(24)15-7-10-21-11-8-15/h5-8,10-11,14,20H,2-4,9,12-13H2,1H3,(H,22,23)/t20-/m0/s1. The van der Waals surface area contributed by atoms with Gasteiger partial charge in [0.1, 0.15) is 0 Å². The molecule has 0 bridgehead atoms. The lowest BCUT2D eigenvalue weighted by molar-refractivity contribution is 0.202. The second-order valence-corrected chi connectivity index (χ2v) is 7.89. The second-order valence-electron chi connectivity index (χ2n) is 6.64. The van der Waals surface area contributed by atoms with E-state index in [2.05, 4.69) is 51.0 Å². The molecule has 5 heteroatoms. The molecule has 1 aliphatic rings. The molecule has 4 heterocycles. The third-order valence-corrected chi connectivity index (χ3v) is 6.03. The van der Waals surface area contributed by atoms with E-state index < -0.39 is 0 Å². The second kappa shape index (κ2) is 7.50. The number of hydrogen-bond donors (Lipinski definition) is 1. The quantitative estimate of drug-likeness (QED) is 0.717. The molecular formula is C20H24N4S. The molecule has 4 nitrogen and oxygen atoms in total. The molecule has 1 aliphatic heterocycles. The summed E-state index contributed by atoms with van der Waals surface area (Å²) in [6, 6.07) is 9.05. The number of aryl methyl sites for hydroxylation is 1. The third kappa shape index (κ3) is 3.53. The number of pyridine rings is 1. The summed E-state index contributed by atoms with van der Waals surface area (Å²) in [7, 11) is 0. The number of aromatic nitrogens is 3. The first kappa shape index (κ1) is 16.5. The highest BCUT2D eigenvalue weighted by Crippen LogP contribution is 2.35. The van der Waals surface area contributed by atoms with Crippen LogP contribution in [0.5, 0.6) is 0 Å². The van der Waals surface area contributed by atoms with Crippen molar-refractivity contribution >= 4 is 11.3 Å². The van der Waals surface area contributed by atoms with Gasteiger partial charge in [0, 0.05) is 47.4 Å². The van der Waals surface area contributed by atoms with Crippen molar-refractivity contribution in [3.63, 3.8) is 0 Å². The van der Waals surface area contributed by atoms with Crippen LogP contribution < -0.4 is 0 Å². The van der Waals surface area contributed by atoms with Gasteiger partial charge in [-0.05, 0) is 42.7 Å². The van der Waals surface area contributed by atoms with Crippen molar-refractivity contribution in [2.45, 2.75) is 45.2 Å². The van der Waals surface area contributed by atoms with Crippen LogP contribution in [-0.4, -0.2) is 26.4 Å². The van der Waals surface area contributed by atoms with Crippen LogP contribution in [-0.2, 0) is 19.4 Å². The highest BCUT2D eigenvalue weighted by atomic mass is 32.1. The first-order chi connectivity index (χ1) is 12.3. The number of nitrogens with one attached hydrogen (secondary N) is 1. The number of aromatic amines is 1. The van der Waals surface area contributed by atoms with Crippen molar-refractivity contribution in [2.75, 3.05) is 6.54 Å². The number of fused-ring (bicyclic) bond motifs is 1. The van der Waals surface area contributed by atoms with Crippen LogP contribution in [0, 0.1) is 0 Å². The number of hydrogen-bond acceptors (Lipinski definition) is 4. The predicted octanol–water partition coefficient (Wildman–Crippen LogP) is 4.36. The summed E-state index contributed by atoms with van der Waals surface area (Å²) < 4.78 is 0. The van der Waals surface area contributed by atoms with E-state index in [-0.39, 0.29) is 6.04 Å². The van der Waals surface area contributed by atoms with Gasteiger partial charge < -0.3 is 4.98 Å². The Labute approximate surface area is 153 Å². The first-order valence-corrected chi connectivity index (χ1v) is 9.90. The number of unbranched alkanes of at least 4 members (excludes halogenated alkanes) is 1. The normalized spacial score (nSPS) is 17.6. The van der Waals surface area contributed by atoms with E-state index in [9.17, 15) is 0 Å².